The highest BCUT2D eigenvalue weighted by Crippen LogP contribution is 2.24. The summed E-state index contributed by atoms with van der Waals surface area (Å²) in [4.78, 5) is 2.66. The fraction of sp³-hybridized carbons (Fsp3) is 0.647. The van der Waals surface area contributed by atoms with Crippen LogP contribution in [-0.2, 0) is 13.1 Å². The molecule has 0 heterocycles. The largest absolute Gasteiger partial charge is 0.326 e. The van der Waals surface area contributed by atoms with Crippen molar-refractivity contribution in [3.63, 3.8) is 0 Å². The molecule has 1 aliphatic rings. The van der Waals surface area contributed by atoms with Gasteiger partial charge in [0.2, 0.25) is 0 Å². The highest BCUT2D eigenvalue weighted by atomic mass is 15.1. The highest BCUT2D eigenvalue weighted by molar-refractivity contribution is 5.31. The van der Waals surface area contributed by atoms with Gasteiger partial charge in [0.15, 0.2) is 0 Å². The maximum absolute atomic E-state index is 5.70. The summed E-state index contributed by atoms with van der Waals surface area (Å²) in [6.07, 6.45) is 7.01. The van der Waals surface area contributed by atoms with E-state index in [1.54, 1.807) is 0 Å². The highest BCUT2D eigenvalue weighted by Gasteiger charge is 2.20. The van der Waals surface area contributed by atoms with Crippen LogP contribution in [0.25, 0.3) is 0 Å². The van der Waals surface area contributed by atoms with Crippen LogP contribution in [0.1, 0.15) is 55.7 Å². The van der Waals surface area contributed by atoms with Crippen LogP contribution in [0.15, 0.2) is 18.2 Å². The quantitative estimate of drug-likeness (QED) is 0.876. The van der Waals surface area contributed by atoms with Crippen LogP contribution in [0.3, 0.4) is 0 Å². The molecular formula is C17H28N2. The monoisotopic (exact) mass is 260 g/mol. The molecule has 19 heavy (non-hydrogen) atoms. The fourth-order valence-electron chi connectivity index (χ4n) is 3.23. The van der Waals surface area contributed by atoms with Crippen molar-refractivity contribution in [2.75, 3.05) is 6.54 Å². The molecular weight excluding hydrogens is 232 g/mol. The van der Waals surface area contributed by atoms with Crippen LogP contribution in [0.2, 0.25) is 0 Å². The van der Waals surface area contributed by atoms with Crippen molar-refractivity contribution >= 4 is 0 Å². The van der Waals surface area contributed by atoms with Gasteiger partial charge in [-0.15, -0.1) is 0 Å². The average molecular weight is 260 g/mol. The lowest BCUT2D eigenvalue weighted by Gasteiger charge is -2.34. The Balaban J connectivity index is 2.04. The van der Waals surface area contributed by atoms with E-state index in [4.69, 9.17) is 5.73 Å². The van der Waals surface area contributed by atoms with Crippen molar-refractivity contribution in [3.8, 4) is 0 Å². The molecule has 2 nitrogen and oxygen atoms in total. The third-order valence-electron chi connectivity index (χ3n) is 4.51. The van der Waals surface area contributed by atoms with Gasteiger partial charge in [0, 0.05) is 19.1 Å². The third kappa shape index (κ3) is 3.80. The van der Waals surface area contributed by atoms with Crippen LogP contribution in [0, 0.1) is 6.92 Å². The van der Waals surface area contributed by atoms with E-state index in [2.05, 4.69) is 36.9 Å². The summed E-state index contributed by atoms with van der Waals surface area (Å²) in [5.41, 5.74) is 9.79. The second-order valence-corrected chi connectivity index (χ2v) is 5.82. The van der Waals surface area contributed by atoms with E-state index in [0.29, 0.717) is 6.54 Å². The molecule has 2 rings (SSSR count). The Bertz CT molecular complexity index is 394. The molecule has 0 aliphatic heterocycles. The van der Waals surface area contributed by atoms with Gasteiger partial charge in [0.05, 0.1) is 0 Å². The molecule has 0 bridgehead atoms. The molecule has 2 N–H and O–H groups in total. The first kappa shape index (κ1) is 14.5. The summed E-state index contributed by atoms with van der Waals surface area (Å²) in [5.74, 6) is 0. The molecule has 0 aromatic heterocycles. The van der Waals surface area contributed by atoms with Gasteiger partial charge in [-0.2, -0.15) is 0 Å². The van der Waals surface area contributed by atoms with Crippen molar-refractivity contribution in [2.24, 2.45) is 5.73 Å². The van der Waals surface area contributed by atoms with E-state index >= 15 is 0 Å². The van der Waals surface area contributed by atoms with Crippen molar-refractivity contribution in [1.82, 2.24) is 4.90 Å². The standard InChI is InChI=1S/C17H28N2/c1-3-19(17-7-5-4-6-8-17)13-16-10-9-15(12-18)11-14(16)2/h9-11,17H,3-8,12-13,18H2,1-2H3. The van der Waals surface area contributed by atoms with Gasteiger partial charge in [0.1, 0.15) is 0 Å². The predicted molar refractivity (Wildman–Crippen MR) is 82.0 cm³/mol. The minimum absolute atomic E-state index is 0.640. The van der Waals surface area contributed by atoms with Gasteiger partial charge < -0.3 is 5.73 Å². The SMILES string of the molecule is CCN(Cc1ccc(CN)cc1C)C1CCCCC1. The molecule has 1 aliphatic carbocycles. The van der Waals surface area contributed by atoms with Crippen molar-refractivity contribution in [1.29, 1.82) is 0 Å². The lowest BCUT2D eigenvalue weighted by atomic mass is 9.93. The predicted octanol–water partition coefficient (Wildman–Crippen LogP) is 3.61. The first-order valence-electron chi connectivity index (χ1n) is 7.77. The number of rotatable bonds is 5. The number of aryl methyl sites for hydroxylation is 1. The Morgan fingerprint density at radius 2 is 1.95 bits per heavy atom. The smallest absolute Gasteiger partial charge is 0.0239 e. The average Bonchev–Trinajstić information content (AvgIpc) is 2.47. The van der Waals surface area contributed by atoms with Gasteiger partial charge in [-0.05, 0) is 43.0 Å². The molecule has 0 atom stereocenters. The zero-order valence-electron chi connectivity index (χ0n) is 12.5. The molecule has 2 heteroatoms. The van der Waals surface area contributed by atoms with E-state index in [1.807, 2.05) is 0 Å². The van der Waals surface area contributed by atoms with E-state index in [9.17, 15) is 0 Å². The number of hydrogen-bond acceptors (Lipinski definition) is 2. The Morgan fingerprint density at radius 3 is 2.53 bits per heavy atom. The van der Waals surface area contributed by atoms with E-state index in [1.165, 1.54) is 48.8 Å². The first-order valence-corrected chi connectivity index (χ1v) is 7.77. The third-order valence-corrected chi connectivity index (χ3v) is 4.51. The molecule has 1 fully saturated rings. The molecule has 0 radical (unpaired) electrons. The lowest BCUT2D eigenvalue weighted by molar-refractivity contribution is 0.155. The van der Waals surface area contributed by atoms with Crippen molar-refractivity contribution in [2.45, 2.75) is 65.1 Å². The summed E-state index contributed by atoms with van der Waals surface area (Å²) in [6, 6.07) is 7.48. The lowest BCUT2D eigenvalue weighted by Crippen LogP contribution is -2.36. The number of nitrogens with zero attached hydrogens (tertiary/aromatic N) is 1. The Morgan fingerprint density at radius 1 is 1.21 bits per heavy atom. The maximum atomic E-state index is 5.70. The topological polar surface area (TPSA) is 29.3 Å². The first-order chi connectivity index (χ1) is 9.24. The molecule has 0 spiro atoms. The van der Waals surface area contributed by atoms with Crippen molar-refractivity contribution < 1.29 is 0 Å². The zero-order valence-corrected chi connectivity index (χ0v) is 12.5. The van der Waals surface area contributed by atoms with E-state index in [-0.39, 0.29) is 0 Å². The minimum atomic E-state index is 0.640. The molecule has 0 amide bonds. The van der Waals surface area contributed by atoms with E-state index < -0.39 is 0 Å². The summed E-state index contributed by atoms with van der Waals surface area (Å²) in [7, 11) is 0. The molecule has 0 unspecified atom stereocenters. The molecule has 106 valence electrons. The van der Waals surface area contributed by atoms with E-state index in [0.717, 1.165) is 19.1 Å². The van der Waals surface area contributed by atoms with Crippen LogP contribution in [-0.4, -0.2) is 17.5 Å². The molecule has 1 aromatic carbocycles. The van der Waals surface area contributed by atoms with Gasteiger partial charge in [-0.25, -0.2) is 0 Å². The van der Waals surface area contributed by atoms with Gasteiger partial charge >= 0.3 is 0 Å². The second-order valence-electron chi connectivity index (χ2n) is 5.82. The second kappa shape index (κ2) is 7.06. The van der Waals surface area contributed by atoms with Crippen LogP contribution in [0.4, 0.5) is 0 Å². The Kier molecular flexibility index (Phi) is 5.41. The Hall–Kier alpha value is -0.860. The molecule has 1 aromatic rings. The van der Waals surface area contributed by atoms with Gasteiger partial charge in [-0.1, -0.05) is 44.4 Å². The fourth-order valence-corrected chi connectivity index (χ4v) is 3.23. The summed E-state index contributed by atoms with van der Waals surface area (Å²) in [5, 5.41) is 0. The zero-order chi connectivity index (χ0) is 13.7. The summed E-state index contributed by atoms with van der Waals surface area (Å²) < 4.78 is 0. The summed E-state index contributed by atoms with van der Waals surface area (Å²) in [6.45, 7) is 7.39. The van der Waals surface area contributed by atoms with Gasteiger partial charge in [-0.3, -0.25) is 4.90 Å². The van der Waals surface area contributed by atoms with Gasteiger partial charge in [0.25, 0.3) is 0 Å². The normalized spacial score (nSPS) is 17.1. The minimum Gasteiger partial charge on any atom is -0.326 e. The van der Waals surface area contributed by atoms with Crippen LogP contribution in [0.5, 0.6) is 0 Å². The van der Waals surface area contributed by atoms with Crippen LogP contribution >= 0.6 is 0 Å². The maximum Gasteiger partial charge on any atom is 0.0239 e. The molecule has 1 saturated carbocycles. The number of nitrogens with two attached hydrogens (primary N) is 1. The molecule has 0 saturated heterocycles. The van der Waals surface area contributed by atoms with Crippen LogP contribution < -0.4 is 5.73 Å². The Labute approximate surface area is 118 Å². The number of benzene rings is 1. The van der Waals surface area contributed by atoms with Crippen molar-refractivity contribution in [3.05, 3.63) is 34.9 Å². The number of hydrogen-bond donors (Lipinski definition) is 1. The summed E-state index contributed by atoms with van der Waals surface area (Å²) >= 11 is 0.